The molecule has 0 saturated carbocycles. The fourth-order valence-electron chi connectivity index (χ4n) is 1.48. The van der Waals surface area contributed by atoms with Gasteiger partial charge in [-0.25, -0.2) is 0 Å². The largest absolute Gasteiger partial charge is 0.365 e. The smallest absolute Gasteiger partial charge is 0.254 e. The summed E-state index contributed by atoms with van der Waals surface area (Å²) in [6.07, 6.45) is 4.04. The van der Waals surface area contributed by atoms with Crippen LogP contribution >= 0.6 is 0 Å². The number of rotatable bonds is 2. The molecule has 0 unspecified atom stereocenters. The number of nitrogens with one attached hydrogen (secondary N) is 1. The first-order chi connectivity index (χ1) is 7.61. The van der Waals surface area contributed by atoms with Crippen LogP contribution in [0.5, 0.6) is 0 Å². The van der Waals surface area contributed by atoms with E-state index >= 15 is 0 Å². The van der Waals surface area contributed by atoms with E-state index in [1.54, 1.807) is 6.92 Å². The fraction of sp³-hybridized carbons (Fsp3) is 0.100. The molecule has 2 rings (SSSR count). The third-order valence-corrected chi connectivity index (χ3v) is 2.27. The van der Waals surface area contributed by atoms with Crippen LogP contribution in [0.4, 0.5) is 0 Å². The Bertz CT molecular complexity index is 584. The molecule has 0 saturated heterocycles. The summed E-state index contributed by atoms with van der Waals surface area (Å²) in [5.41, 5.74) is 6.07. The predicted molar refractivity (Wildman–Crippen MR) is 55.8 cm³/mol. The lowest BCUT2D eigenvalue weighted by atomic mass is 10.1. The molecule has 0 fully saturated rings. The quantitative estimate of drug-likeness (QED) is 0.764. The first-order valence-electron chi connectivity index (χ1n) is 4.53. The number of amides is 1. The lowest BCUT2D eigenvalue weighted by Gasteiger charge is -2.03. The highest BCUT2D eigenvalue weighted by Gasteiger charge is 2.15. The van der Waals surface area contributed by atoms with Crippen molar-refractivity contribution in [2.75, 3.05) is 0 Å². The minimum Gasteiger partial charge on any atom is -0.365 e. The van der Waals surface area contributed by atoms with Crippen molar-refractivity contribution < 1.29 is 9.32 Å². The van der Waals surface area contributed by atoms with Crippen LogP contribution in [0.15, 0.2) is 28.0 Å². The number of nitrogens with zero attached hydrogens (tertiary/aromatic N) is 1. The van der Waals surface area contributed by atoms with Crippen molar-refractivity contribution in [3.05, 3.63) is 40.1 Å². The number of nitrogens with two attached hydrogens (primary N) is 1. The summed E-state index contributed by atoms with van der Waals surface area (Å²) in [6.45, 7) is 1.72. The van der Waals surface area contributed by atoms with Crippen molar-refractivity contribution in [2.45, 2.75) is 6.92 Å². The van der Waals surface area contributed by atoms with E-state index in [2.05, 4.69) is 14.7 Å². The van der Waals surface area contributed by atoms with Crippen molar-refractivity contribution in [1.82, 2.24) is 10.1 Å². The van der Waals surface area contributed by atoms with Gasteiger partial charge in [0.15, 0.2) is 0 Å². The van der Waals surface area contributed by atoms with E-state index in [4.69, 9.17) is 5.73 Å². The third kappa shape index (κ3) is 1.50. The van der Waals surface area contributed by atoms with Crippen LogP contribution in [0.25, 0.3) is 11.1 Å². The second kappa shape index (κ2) is 3.65. The number of carbonyl (C=O) groups excluding carboxylic acids is 1. The molecular formula is C10H9N3O3. The molecule has 82 valence electrons. The highest BCUT2D eigenvalue weighted by Crippen LogP contribution is 2.17. The number of aryl methyl sites for hydroxylation is 1. The first kappa shape index (κ1) is 10.2. The van der Waals surface area contributed by atoms with Gasteiger partial charge in [-0.3, -0.25) is 9.59 Å². The standard InChI is InChI=1S/C10H9N3O3/c1-5-8(6-2-13-16-4-6)9(14)7(3-12-5)10(11)15/h2-4H,1H3,(H2,11,15)(H,12,14). The molecule has 0 bridgehead atoms. The molecule has 0 spiro atoms. The van der Waals surface area contributed by atoms with Crippen LogP contribution in [0.1, 0.15) is 16.1 Å². The number of H-pyrrole nitrogens is 1. The molecule has 6 nitrogen and oxygen atoms in total. The summed E-state index contributed by atoms with van der Waals surface area (Å²) in [6, 6.07) is 0. The maximum absolute atomic E-state index is 11.9. The monoisotopic (exact) mass is 219 g/mol. The van der Waals surface area contributed by atoms with Crippen molar-refractivity contribution in [3.8, 4) is 11.1 Å². The molecule has 2 aromatic heterocycles. The Balaban J connectivity index is 2.75. The number of primary amides is 1. The van der Waals surface area contributed by atoms with Crippen molar-refractivity contribution in [2.24, 2.45) is 5.73 Å². The van der Waals surface area contributed by atoms with Gasteiger partial charge in [0.1, 0.15) is 11.8 Å². The average Bonchev–Trinajstić information content (AvgIpc) is 2.70. The van der Waals surface area contributed by atoms with Crippen LogP contribution in [-0.2, 0) is 0 Å². The maximum Gasteiger partial charge on any atom is 0.254 e. The van der Waals surface area contributed by atoms with Gasteiger partial charge in [-0.15, -0.1) is 0 Å². The maximum atomic E-state index is 11.9. The zero-order valence-corrected chi connectivity index (χ0v) is 8.48. The van der Waals surface area contributed by atoms with E-state index in [-0.39, 0.29) is 5.56 Å². The molecule has 0 aliphatic carbocycles. The molecule has 1 amide bonds. The lowest BCUT2D eigenvalue weighted by Crippen LogP contribution is -2.23. The molecule has 0 atom stereocenters. The number of pyridine rings is 1. The number of aromatic amines is 1. The Morgan fingerprint density at radius 1 is 1.56 bits per heavy atom. The van der Waals surface area contributed by atoms with Gasteiger partial charge in [-0.2, -0.15) is 0 Å². The molecular weight excluding hydrogens is 210 g/mol. The van der Waals surface area contributed by atoms with E-state index < -0.39 is 11.3 Å². The van der Waals surface area contributed by atoms with Crippen molar-refractivity contribution in [3.63, 3.8) is 0 Å². The first-order valence-corrected chi connectivity index (χ1v) is 4.53. The zero-order valence-electron chi connectivity index (χ0n) is 8.48. The second-order valence-electron chi connectivity index (χ2n) is 3.31. The lowest BCUT2D eigenvalue weighted by molar-refractivity contribution is 0.0999. The van der Waals surface area contributed by atoms with Gasteiger partial charge in [0.05, 0.1) is 11.8 Å². The molecule has 2 aromatic rings. The molecule has 0 aliphatic rings. The highest BCUT2D eigenvalue weighted by molar-refractivity contribution is 5.93. The van der Waals surface area contributed by atoms with E-state index in [9.17, 15) is 9.59 Å². The normalized spacial score (nSPS) is 10.3. The molecule has 2 heterocycles. The van der Waals surface area contributed by atoms with E-state index in [1.807, 2.05) is 0 Å². The molecule has 16 heavy (non-hydrogen) atoms. The van der Waals surface area contributed by atoms with Gasteiger partial charge in [0, 0.05) is 17.5 Å². The number of aromatic nitrogens is 2. The summed E-state index contributed by atoms with van der Waals surface area (Å²) in [4.78, 5) is 25.8. The van der Waals surface area contributed by atoms with E-state index in [1.165, 1.54) is 18.7 Å². The second-order valence-corrected chi connectivity index (χ2v) is 3.31. The fourth-order valence-corrected chi connectivity index (χ4v) is 1.48. The van der Waals surface area contributed by atoms with Gasteiger partial charge in [0.2, 0.25) is 5.43 Å². The Morgan fingerprint density at radius 2 is 2.31 bits per heavy atom. The van der Waals surface area contributed by atoms with Gasteiger partial charge in [0.25, 0.3) is 5.91 Å². The zero-order chi connectivity index (χ0) is 11.7. The van der Waals surface area contributed by atoms with Crippen LogP contribution in [0.2, 0.25) is 0 Å². The summed E-state index contributed by atoms with van der Waals surface area (Å²) in [5, 5.41) is 3.51. The van der Waals surface area contributed by atoms with Crippen LogP contribution in [-0.4, -0.2) is 16.0 Å². The number of hydrogen-bond acceptors (Lipinski definition) is 4. The van der Waals surface area contributed by atoms with Gasteiger partial charge in [-0.1, -0.05) is 5.16 Å². The molecule has 6 heteroatoms. The highest BCUT2D eigenvalue weighted by atomic mass is 16.5. The average molecular weight is 219 g/mol. The Hall–Kier alpha value is -2.37. The minimum absolute atomic E-state index is 0.0817. The minimum atomic E-state index is -0.765. The summed E-state index contributed by atoms with van der Waals surface area (Å²) in [7, 11) is 0. The Labute approximate surface area is 90.1 Å². The van der Waals surface area contributed by atoms with Crippen molar-refractivity contribution in [1.29, 1.82) is 0 Å². The van der Waals surface area contributed by atoms with Crippen LogP contribution in [0, 0.1) is 6.92 Å². The van der Waals surface area contributed by atoms with Crippen molar-refractivity contribution >= 4 is 5.91 Å². The predicted octanol–water partition coefficient (Wildman–Crippen LogP) is 0.437. The molecule has 0 radical (unpaired) electrons. The van der Waals surface area contributed by atoms with Gasteiger partial charge in [-0.05, 0) is 6.92 Å². The summed E-state index contributed by atoms with van der Waals surface area (Å²) >= 11 is 0. The van der Waals surface area contributed by atoms with E-state index in [0.29, 0.717) is 16.8 Å². The Kier molecular flexibility index (Phi) is 2.32. The number of hydrogen-bond donors (Lipinski definition) is 2. The molecule has 0 aliphatic heterocycles. The van der Waals surface area contributed by atoms with Gasteiger partial charge < -0.3 is 15.2 Å². The van der Waals surface area contributed by atoms with Crippen LogP contribution < -0.4 is 11.2 Å². The topological polar surface area (TPSA) is 102 Å². The number of carbonyl (C=O) groups is 1. The van der Waals surface area contributed by atoms with Crippen LogP contribution in [0.3, 0.4) is 0 Å². The molecule has 0 aromatic carbocycles. The summed E-state index contributed by atoms with van der Waals surface area (Å²) < 4.78 is 4.66. The molecule has 3 N–H and O–H groups in total. The third-order valence-electron chi connectivity index (χ3n) is 2.27. The van der Waals surface area contributed by atoms with E-state index in [0.717, 1.165) is 0 Å². The summed E-state index contributed by atoms with van der Waals surface area (Å²) in [5.74, 6) is -0.765. The van der Waals surface area contributed by atoms with Gasteiger partial charge >= 0.3 is 0 Å². The Morgan fingerprint density at radius 3 is 2.88 bits per heavy atom. The SMILES string of the molecule is Cc1[nH]cc(C(N)=O)c(=O)c1-c1cnoc1.